The highest BCUT2D eigenvalue weighted by molar-refractivity contribution is 6.74. The van der Waals surface area contributed by atoms with Gasteiger partial charge < -0.3 is 9.74 Å². The van der Waals surface area contributed by atoms with Crippen molar-refractivity contribution in [2.24, 2.45) is 0 Å². The maximum Gasteiger partial charge on any atom is 0.224 e. The fraction of sp³-hybridized carbons (Fsp3) is 0.444. The maximum absolute atomic E-state index is 6.31. The van der Waals surface area contributed by atoms with Crippen LogP contribution in [0.25, 0.3) is 0 Å². The second kappa shape index (κ2) is 7.21. The molecule has 0 fully saturated rings. The molecule has 131 valence electrons. The van der Waals surface area contributed by atoms with Gasteiger partial charge in [0.1, 0.15) is 5.82 Å². The van der Waals surface area contributed by atoms with Crippen molar-refractivity contribution in [3.63, 3.8) is 0 Å². The van der Waals surface area contributed by atoms with Crippen molar-refractivity contribution in [3.8, 4) is 0 Å². The average Bonchev–Trinajstić information content (AvgIpc) is 2.47. The molecule has 0 amide bonds. The Bertz CT molecular complexity index is 714. The van der Waals surface area contributed by atoms with Gasteiger partial charge in [-0.05, 0) is 50.1 Å². The molecule has 1 N–H and O–H groups in total. The van der Waals surface area contributed by atoms with E-state index >= 15 is 0 Å². The number of aromatic nitrogens is 2. The Hall–Kier alpha value is -1.43. The summed E-state index contributed by atoms with van der Waals surface area (Å²) < 4.78 is 6.31. The van der Waals surface area contributed by atoms with Crippen molar-refractivity contribution in [1.82, 2.24) is 9.97 Å². The lowest BCUT2D eigenvalue weighted by atomic mass is 10.1. The van der Waals surface area contributed by atoms with Crippen molar-refractivity contribution in [1.29, 1.82) is 0 Å². The molecule has 2 rings (SSSR count). The molecule has 0 atom stereocenters. The summed E-state index contributed by atoms with van der Waals surface area (Å²) in [4.78, 5) is 8.08. The highest BCUT2D eigenvalue weighted by atomic mass is 35.5. The molecule has 0 aliphatic carbocycles. The Balaban J connectivity index is 2.14. The summed E-state index contributed by atoms with van der Waals surface area (Å²) in [6.07, 6.45) is 1.64. The summed E-state index contributed by atoms with van der Waals surface area (Å²) in [6, 6.07) is 8.11. The molecule has 1 aromatic heterocycles. The van der Waals surface area contributed by atoms with E-state index in [9.17, 15) is 0 Å². The van der Waals surface area contributed by atoms with Gasteiger partial charge in [-0.3, -0.25) is 0 Å². The van der Waals surface area contributed by atoms with Crippen LogP contribution in [0.1, 0.15) is 31.9 Å². The molecule has 0 aliphatic heterocycles. The molecule has 2 aromatic rings. The normalized spacial score (nSPS) is 12.3. The minimum Gasteiger partial charge on any atom is -0.561 e. The first-order chi connectivity index (χ1) is 11.1. The van der Waals surface area contributed by atoms with Crippen molar-refractivity contribution >= 4 is 31.4 Å². The molecular weight excluding hydrogens is 338 g/mol. The number of benzene rings is 1. The van der Waals surface area contributed by atoms with E-state index < -0.39 is 8.32 Å². The first-order valence-electron chi connectivity index (χ1n) is 8.07. The molecule has 1 heterocycles. The van der Waals surface area contributed by atoms with Crippen molar-refractivity contribution in [2.45, 2.75) is 52.4 Å². The Morgan fingerprint density at radius 3 is 2.54 bits per heavy atom. The van der Waals surface area contributed by atoms with Gasteiger partial charge in [0, 0.05) is 18.5 Å². The largest absolute Gasteiger partial charge is 0.561 e. The van der Waals surface area contributed by atoms with Gasteiger partial charge in [-0.15, -0.1) is 18.1 Å². The fourth-order valence-electron chi connectivity index (χ4n) is 1.92. The quantitative estimate of drug-likeness (QED) is 0.546. The number of halogens is 1. The lowest BCUT2D eigenvalue weighted by Crippen LogP contribution is -2.40. The van der Waals surface area contributed by atoms with Gasteiger partial charge >= 0.3 is 0 Å². The zero-order chi connectivity index (χ0) is 18.0. The summed E-state index contributed by atoms with van der Waals surface area (Å²) in [5, 5.41) is 3.74. The van der Waals surface area contributed by atoms with Crippen LogP contribution in [0.3, 0.4) is 0 Å². The van der Waals surface area contributed by atoms with Crippen LogP contribution in [0.4, 0.5) is 11.5 Å². The van der Waals surface area contributed by atoms with E-state index in [4.69, 9.17) is 16.0 Å². The van der Waals surface area contributed by atoms with Crippen LogP contribution in [-0.4, -0.2) is 18.3 Å². The Morgan fingerprint density at radius 1 is 1.21 bits per heavy atom. The van der Waals surface area contributed by atoms with Crippen LogP contribution in [0, 0.1) is 6.92 Å². The van der Waals surface area contributed by atoms with Gasteiger partial charge in [-0.2, -0.15) is 0 Å². The van der Waals surface area contributed by atoms with Crippen LogP contribution in [0.2, 0.25) is 23.4 Å². The third kappa shape index (κ3) is 4.78. The summed E-state index contributed by atoms with van der Waals surface area (Å²) in [5.41, 5.74) is 3.29. The third-order valence-corrected chi connectivity index (χ3v) is 9.26. The maximum atomic E-state index is 6.31. The fourth-order valence-corrected chi connectivity index (χ4v) is 3.02. The first kappa shape index (κ1) is 18.9. The van der Waals surface area contributed by atoms with Gasteiger partial charge in [-0.1, -0.05) is 32.9 Å². The molecular formula is C18H26ClN3OSi-. The second-order valence-electron chi connectivity index (χ2n) is 7.53. The smallest absolute Gasteiger partial charge is 0.224 e. The van der Waals surface area contributed by atoms with E-state index in [1.165, 1.54) is 0 Å². The SMILES string of the molecule is Cc1ccc(CO[Si-](C)(C)C(C)(C)C)cc1Nc1ccnc(Cl)n1. The van der Waals surface area contributed by atoms with Gasteiger partial charge in [0.25, 0.3) is 0 Å². The number of nitrogens with zero attached hydrogens (tertiary/aromatic N) is 2. The van der Waals surface area contributed by atoms with Crippen LogP contribution < -0.4 is 5.32 Å². The van der Waals surface area contributed by atoms with Crippen LogP contribution in [-0.2, 0) is 11.0 Å². The predicted molar refractivity (Wildman–Crippen MR) is 103 cm³/mol. The van der Waals surface area contributed by atoms with E-state index in [2.05, 4.69) is 74.3 Å². The Labute approximate surface area is 150 Å². The highest BCUT2D eigenvalue weighted by Gasteiger charge is 2.24. The molecule has 0 radical (unpaired) electrons. The predicted octanol–water partition coefficient (Wildman–Crippen LogP) is 5.70. The molecule has 0 bridgehead atoms. The zero-order valence-electron chi connectivity index (χ0n) is 15.3. The number of nitrogens with one attached hydrogen (secondary N) is 1. The van der Waals surface area contributed by atoms with Gasteiger partial charge in [0.15, 0.2) is 0 Å². The Kier molecular flexibility index (Phi) is 5.68. The highest BCUT2D eigenvalue weighted by Crippen LogP contribution is 2.37. The van der Waals surface area contributed by atoms with Crippen LogP contribution >= 0.6 is 11.6 Å². The first-order valence-corrected chi connectivity index (χ1v) is 11.4. The summed E-state index contributed by atoms with van der Waals surface area (Å²) >= 11 is 5.85. The molecule has 0 aliphatic rings. The molecule has 4 nitrogen and oxygen atoms in total. The van der Waals surface area contributed by atoms with Crippen molar-refractivity contribution in [3.05, 3.63) is 46.9 Å². The number of hydrogen-bond donors (Lipinski definition) is 1. The number of rotatable bonds is 5. The molecule has 0 unspecified atom stereocenters. The minimum atomic E-state index is -1.76. The zero-order valence-corrected chi connectivity index (χ0v) is 17.0. The van der Waals surface area contributed by atoms with Gasteiger partial charge in [-0.25, -0.2) is 9.97 Å². The van der Waals surface area contributed by atoms with Gasteiger partial charge in [0.05, 0.1) is 0 Å². The van der Waals surface area contributed by atoms with Crippen LogP contribution in [0.15, 0.2) is 30.5 Å². The summed E-state index contributed by atoms with van der Waals surface area (Å²) in [6.45, 7) is 14.0. The topological polar surface area (TPSA) is 47.0 Å². The number of anilines is 2. The molecule has 0 spiro atoms. The van der Waals surface area contributed by atoms with Gasteiger partial charge in [0.2, 0.25) is 5.28 Å². The van der Waals surface area contributed by atoms with E-state index in [1.54, 1.807) is 12.3 Å². The number of aryl methyl sites for hydroxylation is 1. The average molecular weight is 364 g/mol. The lowest BCUT2D eigenvalue weighted by molar-refractivity contribution is 0.276. The van der Waals surface area contributed by atoms with E-state index in [0.29, 0.717) is 12.4 Å². The van der Waals surface area contributed by atoms with Crippen molar-refractivity contribution in [2.75, 3.05) is 5.32 Å². The third-order valence-electron chi connectivity index (χ3n) is 4.60. The number of hydrogen-bond acceptors (Lipinski definition) is 4. The molecule has 6 heteroatoms. The van der Waals surface area contributed by atoms with E-state index in [-0.39, 0.29) is 10.3 Å². The summed E-state index contributed by atoms with van der Waals surface area (Å²) in [7, 11) is -1.76. The molecule has 0 saturated heterocycles. The lowest BCUT2D eigenvalue weighted by Gasteiger charge is -2.48. The van der Waals surface area contributed by atoms with E-state index in [0.717, 1.165) is 16.8 Å². The Morgan fingerprint density at radius 2 is 1.92 bits per heavy atom. The molecule has 24 heavy (non-hydrogen) atoms. The standard InChI is InChI=1S/C18H26ClN3OSi/c1-13-7-8-14(12-23-24(5,6)18(2,3)4)11-15(13)21-16-9-10-20-17(19)22-16/h7-11H,12H2,1-6H3,(H,20,21,22)/q-1. The van der Waals surface area contributed by atoms with Crippen molar-refractivity contribution < 1.29 is 4.43 Å². The molecule has 1 aromatic carbocycles. The summed E-state index contributed by atoms with van der Waals surface area (Å²) in [5.74, 6) is 0.681. The second-order valence-corrected chi connectivity index (χ2v) is 12.7. The minimum absolute atomic E-state index is 0.205. The monoisotopic (exact) mass is 363 g/mol. The molecule has 0 saturated carbocycles. The van der Waals surface area contributed by atoms with Crippen LogP contribution in [0.5, 0.6) is 0 Å². The van der Waals surface area contributed by atoms with E-state index in [1.807, 2.05) is 0 Å².